The quantitative estimate of drug-likeness (QED) is 0.648. The summed E-state index contributed by atoms with van der Waals surface area (Å²) in [5, 5.41) is 12.6. The summed E-state index contributed by atoms with van der Waals surface area (Å²) in [7, 11) is 0. The molecular formula is C17H20N2O4. The van der Waals surface area contributed by atoms with Gasteiger partial charge in [0.15, 0.2) is 5.78 Å². The number of aromatic amines is 1. The van der Waals surface area contributed by atoms with Gasteiger partial charge in [0, 0.05) is 29.9 Å². The van der Waals surface area contributed by atoms with Gasteiger partial charge in [0.1, 0.15) is 0 Å². The Balaban J connectivity index is 2.20. The number of ketones is 1. The van der Waals surface area contributed by atoms with Gasteiger partial charge in [-0.2, -0.15) is 0 Å². The minimum atomic E-state index is -1.17. The molecule has 0 radical (unpaired) electrons. The first-order valence-electron chi connectivity index (χ1n) is 7.36. The molecule has 0 saturated carbocycles. The van der Waals surface area contributed by atoms with Gasteiger partial charge in [0.2, 0.25) is 6.41 Å². The van der Waals surface area contributed by atoms with E-state index >= 15 is 0 Å². The summed E-state index contributed by atoms with van der Waals surface area (Å²) < 4.78 is 0. The third-order valence-corrected chi connectivity index (χ3v) is 3.95. The van der Waals surface area contributed by atoms with Gasteiger partial charge >= 0.3 is 5.97 Å². The number of Topliss-reactive ketones (excluding diaryl/α,β-unsaturated/α-hetero) is 1. The van der Waals surface area contributed by atoms with Crippen molar-refractivity contribution in [1.82, 2.24) is 10.3 Å². The number of H-pyrrole nitrogens is 1. The number of amides is 1. The van der Waals surface area contributed by atoms with Crippen LogP contribution in [0.1, 0.15) is 25.8 Å². The Bertz CT molecular complexity index is 733. The summed E-state index contributed by atoms with van der Waals surface area (Å²) in [4.78, 5) is 37.5. The molecule has 122 valence electrons. The van der Waals surface area contributed by atoms with Crippen molar-refractivity contribution in [2.75, 3.05) is 0 Å². The summed E-state index contributed by atoms with van der Waals surface area (Å²) in [5.74, 6) is -1.34. The Morgan fingerprint density at radius 3 is 2.70 bits per heavy atom. The van der Waals surface area contributed by atoms with E-state index in [0.717, 1.165) is 16.5 Å². The van der Waals surface area contributed by atoms with Crippen LogP contribution >= 0.6 is 0 Å². The number of carboxylic acids is 1. The molecule has 23 heavy (non-hydrogen) atoms. The fourth-order valence-electron chi connectivity index (χ4n) is 2.50. The molecule has 0 bridgehead atoms. The molecule has 0 saturated heterocycles. The second kappa shape index (κ2) is 6.64. The predicted molar refractivity (Wildman–Crippen MR) is 86.0 cm³/mol. The van der Waals surface area contributed by atoms with Gasteiger partial charge in [0.05, 0.1) is 11.5 Å². The first kappa shape index (κ1) is 16.7. The van der Waals surface area contributed by atoms with Crippen LogP contribution in [0.5, 0.6) is 0 Å². The lowest BCUT2D eigenvalue weighted by molar-refractivity contribution is -0.149. The lowest BCUT2D eigenvalue weighted by atomic mass is 9.84. The molecule has 1 aromatic carbocycles. The molecule has 1 atom stereocenters. The number of carbonyl (C=O) groups is 3. The molecule has 1 unspecified atom stereocenters. The largest absolute Gasteiger partial charge is 0.481 e. The van der Waals surface area contributed by atoms with Gasteiger partial charge < -0.3 is 15.4 Å². The van der Waals surface area contributed by atoms with Gasteiger partial charge in [-0.15, -0.1) is 0 Å². The minimum Gasteiger partial charge on any atom is -0.481 e. The minimum absolute atomic E-state index is 0.143. The van der Waals surface area contributed by atoms with Gasteiger partial charge in [-0.1, -0.05) is 18.2 Å². The Labute approximate surface area is 133 Å². The van der Waals surface area contributed by atoms with E-state index in [9.17, 15) is 14.4 Å². The van der Waals surface area contributed by atoms with Crippen LogP contribution in [0.2, 0.25) is 0 Å². The number of rotatable bonds is 8. The number of nitrogens with one attached hydrogen (secondary N) is 2. The molecule has 0 aliphatic rings. The molecule has 0 aliphatic heterocycles. The van der Waals surface area contributed by atoms with Crippen LogP contribution in [0.3, 0.4) is 0 Å². The maximum absolute atomic E-state index is 12.4. The van der Waals surface area contributed by atoms with Crippen molar-refractivity contribution < 1.29 is 19.5 Å². The van der Waals surface area contributed by atoms with Gasteiger partial charge in [0.25, 0.3) is 0 Å². The fraction of sp³-hybridized carbons (Fsp3) is 0.353. The number of hydrogen-bond acceptors (Lipinski definition) is 3. The standard InChI is InChI=1S/C17H20N2O4/c1-17(2,16(22)23)8-15(21)14(19-10-20)7-11-9-18-13-6-4-3-5-12(11)13/h3-6,9-10,14,18H,7-8H2,1-2H3,(H,19,20)(H,22,23). The summed E-state index contributed by atoms with van der Waals surface area (Å²) in [5.41, 5.74) is 0.687. The second-order valence-electron chi connectivity index (χ2n) is 6.23. The zero-order valence-corrected chi connectivity index (χ0v) is 13.1. The SMILES string of the molecule is CC(C)(CC(=O)C(Cc1c[nH]c2ccccc12)NC=O)C(=O)O. The molecule has 1 aromatic heterocycles. The summed E-state index contributed by atoms with van der Waals surface area (Å²) in [6.45, 7) is 2.99. The van der Waals surface area contributed by atoms with E-state index in [0.29, 0.717) is 12.8 Å². The first-order chi connectivity index (χ1) is 10.8. The lowest BCUT2D eigenvalue weighted by Crippen LogP contribution is -2.41. The highest BCUT2D eigenvalue weighted by Gasteiger charge is 2.33. The average Bonchev–Trinajstić information content (AvgIpc) is 2.89. The molecule has 0 spiro atoms. The van der Waals surface area contributed by atoms with Crippen LogP contribution in [-0.4, -0.2) is 34.3 Å². The predicted octanol–water partition coefficient (Wildman–Crippen LogP) is 1.89. The third kappa shape index (κ3) is 3.77. The van der Waals surface area contributed by atoms with E-state index in [2.05, 4.69) is 10.3 Å². The monoisotopic (exact) mass is 316 g/mol. The molecular weight excluding hydrogens is 296 g/mol. The van der Waals surface area contributed by atoms with Crippen LogP contribution in [0.25, 0.3) is 10.9 Å². The number of hydrogen-bond donors (Lipinski definition) is 3. The van der Waals surface area contributed by atoms with E-state index in [1.807, 2.05) is 24.3 Å². The first-order valence-corrected chi connectivity index (χ1v) is 7.36. The van der Waals surface area contributed by atoms with Crippen LogP contribution in [0.15, 0.2) is 30.5 Å². The second-order valence-corrected chi connectivity index (χ2v) is 6.23. The van der Waals surface area contributed by atoms with Crippen LogP contribution in [-0.2, 0) is 20.8 Å². The number of benzene rings is 1. The Morgan fingerprint density at radius 2 is 2.04 bits per heavy atom. The Hall–Kier alpha value is -2.63. The van der Waals surface area contributed by atoms with Crippen molar-refractivity contribution in [3.63, 3.8) is 0 Å². The highest BCUT2D eigenvalue weighted by atomic mass is 16.4. The maximum Gasteiger partial charge on any atom is 0.309 e. The molecule has 0 fully saturated rings. The van der Waals surface area contributed by atoms with E-state index in [1.54, 1.807) is 6.20 Å². The lowest BCUT2D eigenvalue weighted by Gasteiger charge is -2.22. The van der Waals surface area contributed by atoms with Crippen LogP contribution in [0.4, 0.5) is 0 Å². The van der Waals surface area contributed by atoms with Crippen molar-refractivity contribution >= 4 is 29.1 Å². The van der Waals surface area contributed by atoms with E-state index in [-0.39, 0.29) is 12.2 Å². The van der Waals surface area contributed by atoms with E-state index in [1.165, 1.54) is 13.8 Å². The zero-order chi connectivity index (χ0) is 17.0. The highest BCUT2D eigenvalue weighted by molar-refractivity contribution is 5.91. The van der Waals surface area contributed by atoms with Crippen LogP contribution in [0, 0.1) is 5.41 Å². The van der Waals surface area contributed by atoms with Gasteiger partial charge in [-0.05, 0) is 25.5 Å². The fourth-order valence-corrected chi connectivity index (χ4v) is 2.50. The van der Waals surface area contributed by atoms with E-state index < -0.39 is 17.4 Å². The number of para-hydroxylation sites is 1. The summed E-state index contributed by atoms with van der Waals surface area (Å²) in [6, 6.07) is 6.92. The van der Waals surface area contributed by atoms with Crippen molar-refractivity contribution in [3.05, 3.63) is 36.0 Å². The average molecular weight is 316 g/mol. The van der Waals surface area contributed by atoms with Gasteiger partial charge in [-0.25, -0.2) is 0 Å². The Morgan fingerprint density at radius 1 is 1.35 bits per heavy atom. The smallest absolute Gasteiger partial charge is 0.309 e. The topological polar surface area (TPSA) is 99.3 Å². The van der Waals surface area contributed by atoms with Gasteiger partial charge in [-0.3, -0.25) is 14.4 Å². The highest BCUT2D eigenvalue weighted by Crippen LogP contribution is 2.24. The molecule has 6 nitrogen and oxygen atoms in total. The van der Waals surface area contributed by atoms with E-state index in [4.69, 9.17) is 5.11 Å². The van der Waals surface area contributed by atoms with Crippen molar-refractivity contribution in [2.24, 2.45) is 5.41 Å². The maximum atomic E-state index is 12.4. The zero-order valence-electron chi connectivity index (χ0n) is 13.1. The number of aromatic nitrogens is 1. The molecule has 2 rings (SSSR count). The van der Waals surface area contributed by atoms with Crippen LogP contribution < -0.4 is 5.32 Å². The number of fused-ring (bicyclic) bond motifs is 1. The van der Waals surface area contributed by atoms with Crippen molar-refractivity contribution in [1.29, 1.82) is 0 Å². The number of aliphatic carboxylic acids is 1. The molecule has 6 heteroatoms. The molecule has 3 N–H and O–H groups in total. The molecule has 1 amide bonds. The van der Waals surface area contributed by atoms with Crippen molar-refractivity contribution in [2.45, 2.75) is 32.7 Å². The molecule has 1 heterocycles. The normalized spacial score (nSPS) is 12.8. The summed E-state index contributed by atoms with van der Waals surface area (Å²) >= 11 is 0. The number of carbonyl (C=O) groups excluding carboxylic acids is 2. The summed E-state index contributed by atoms with van der Waals surface area (Å²) in [6.07, 6.45) is 2.46. The van der Waals surface area contributed by atoms with Crippen molar-refractivity contribution in [3.8, 4) is 0 Å². The third-order valence-electron chi connectivity index (χ3n) is 3.95. The number of carboxylic acid groups (broad SMARTS) is 1. The Kier molecular flexibility index (Phi) is 4.83. The molecule has 2 aromatic rings. The molecule has 0 aliphatic carbocycles.